The molecule has 0 aromatic carbocycles. The topological polar surface area (TPSA) is 17.0 Å². The van der Waals surface area contributed by atoms with Gasteiger partial charge in [0.25, 0.3) is 0 Å². The summed E-state index contributed by atoms with van der Waals surface area (Å²) >= 11 is 0. The van der Waals surface area contributed by atoms with Crippen LogP contribution >= 0.6 is 0 Å². The summed E-state index contributed by atoms with van der Waals surface area (Å²) in [4.78, 5) is 0. The largest absolute Gasteiger partial charge is 0.354 e. The molecule has 0 amide bonds. The summed E-state index contributed by atoms with van der Waals surface area (Å²) < 4.78 is 2.33. The van der Waals surface area contributed by atoms with E-state index in [0.717, 1.165) is 6.54 Å². The smallest absolute Gasteiger partial charge is 0.0292 e. The van der Waals surface area contributed by atoms with Crippen LogP contribution in [0.15, 0.2) is 12.3 Å². The molecule has 2 heteroatoms. The van der Waals surface area contributed by atoms with Crippen molar-refractivity contribution in [2.45, 2.75) is 31.2 Å². The molecule has 1 aromatic heterocycles. The number of nitrogens with one attached hydrogen (secondary N) is 1. The molecule has 70 valence electrons. The van der Waals surface area contributed by atoms with E-state index in [1.807, 2.05) is 0 Å². The second kappa shape index (κ2) is 2.38. The van der Waals surface area contributed by atoms with Gasteiger partial charge in [0.15, 0.2) is 0 Å². The van der Waals surface area contributed by atoms with E-state index >= 15 is 0 Å². The first-order valence-electron chi connectivity index (χ1n) is 5.17. The van der Waals surface area contributed by atoms with Crippen LogP contribution in [0.4, 0.5) is 0 Å². The quantitative estimate of drug-likeness (QED) is 0.634. The number of fused-ring (bicyclic) bond motifs is 2. The summed E-state index contributed by atoms with van der Waals surface area (Å²) in [5, 5.41) is 3.53. The van der Waals surface area contributed by atoms with Crippen LogP contribution in [0.25, 0.3) is 0 Å². The number of rotatable bonds is 0. The number of hydrogen-bond donors (Lipinski definition) is 1. The summed E-state index contributed by atoms with van der Waals surface area (Å²) in [6.45, 7) is 2.26. The van der Waals surface area contributed by atoms with Crippen molar-refractivity contribution in [1.82, 2.24) is 9.88 Å². The van der Waals surface area contributed by atoms with Crippen LogP contribution in [0.1, 0.15) is 30.5 Å². The lowest BCUT2D eigenvalue weighted by molar-refractivity contribution is 0.207. The SMILES string of the molecule is Cn1ccc2c1C1(CCC1)CNC2. The molecule has 0 unspecified atom stereocenters. The van der Waals surface area contributed by atoms with Gasteiger partial charge in [-0.2, -0.15) is 0 Å². The van der Waals surface area contributed by atoms with Crippen LogP contribution < -0.4 is 5.32 Å². The van der Waals surface area contributed by atoms with Gasteiger partial charge in [-0.15, -0.1) is 0 Å². The third-order valence-electron chi connectivity index (χ3n) is 3.75. The summed E-state index contributed by atoms with van der Waals surface area (Å²) in [6.07, 6.45) is 6.37. The molecular weight excluding hydrogens is 160 g/mol. The minimum atomic E-state index is 0.506. The fourth-order valence-corrected chi connectivity index (χ4v) is 2.98. The van der Waals surface area contributed by atoms with Crippen LogP contribution in [0.2, 0.25) is 0 Å². The molecule has 0 atom stereocenters. The molecule has 1 aliphatic heterocycles. The average Bonchev–Trinajstić information content (AvgIpc) is 2.45. The molecule has 0 bridgehead atoms. The molecular formula is C11H16N2. The van der Waals surface area contributed by atoms with Gasteiger partial charge in [0.1, 0.15) is 0 Å². The second-order valence-corrected chi connectivity index (χ2v) is 4.54. The maximum atomic E-state index is 3.53. The Morgan fingerprint density at radius 3 is 3.00 bits per heavy atom. The van der Waals surface area contributed by atoms with E-state index in [0.29, 0.717) is 5.41 Å². The van der Waals surface area contributed by atoms with Gasteiger partial charge in [0.05, 0.1) is 0 Å². The highest BCUT2D eigenvalue weighted by Gasteiger charge is 2.43. The molecule has 1 N–H and O–H groups in total. The Morgan fingerprint density at radius 1 is 1.46 bits per heavy atom. The van der Waals surface area contributed by atoms with E-state index in [1.54, 1.807) is 5.69 Å². The van der Waals surface area contributed by atoms with Crippen molar-refractivity contribution in [3.05, 3.63) is 23.5 Å². The number of aryl methyl sites for hydroxylation is 1. The van der Waals surface area contributed by atoms with Crippen molar-refractivity contribution in [3.8, 4) is 0 Å². The summed E-state index contributed by atoms with van der Waals surface area (Å²) in [6, 6.07) is 2.27. The first-order chi connectivity index (χ1) is 6.32. The maximum absolute atomic E-state index is 3.53. The van der Waals surface area contributed by atoms with E-state index in [4.69, 9.17) is 0 Å². The molecule has 1 aromatic rings. The highest BCUT2D eigenvalue weighted by Crippen LogP contribution is 2.46. The fraction of sp³-hybridized carbons (Fsp3) is 0.636. The molecule has 2 heterocycles. The van der Waals surface area contributed by atoms with Crippen LogP contribution in [0, 0.1) is 0 Å². The van der Waals surface area contributed by atoms with Crippen molar-refractivity contribution in [1.29, 1.82) is 0 Å². The zero-order valence-electron chi connectivity index (χ0n) is 8.14. The van der Waals surface area contributed by atoms with Gasteiger partial charge in [0, 0.05) is 37.4 Å². The Kier molecular flexibility index (Phi) is 1.40. The lowest BCUT2D eigenvalue weighted by Crippen LogP contribution is -2.48. The Balaban J connectivity index is 2.14. The third kappa shape index (κ3) is 0.869. The average molecular weight is 176 g/mol. The first-order valence-corrected chi connectivity index (χ1v) is 5.17. The van der Waals surface area contributed by atoms with Crippen molar-refractivity contribution < 1.29 is 0 Å². The summed E-state index contributed by atoms with van der Waals surface area (Å²) in [5.74, 6) is 0. The van der Waals surface area contributed by atoms with Crippen molar-refractivity contribution in [3.63, 3.8) is 0 Å². The maximum Gasteiger partial charge on any atom is 0.0292 e. The number of hydrogen-bond acceptors (Lipinski definition) is 1. The highest BCUT2D eigenvalue weighted by atomic mass is 15.0. The number of nitrogens with zero attached hydrogens (tertiary/aromatic N) is 1. The zero-order valence-corrected chi connectivity index (χ0v) is 8.14. The summed E-state index contributed by atoms with van der Waals surface area (Å²) in [5.41, 5.74) is 3.64. The molecule has 2 aliphatic rings. The third-order valence-corrected chi connectivity index (χ3v) is 3.75. The molecule has 1 spiro atoms. The monoisotopic (exact) mass is 176 g/mol. The van der Waals surface area contributed by atoms with Gasteiger partial charge in [-0.25, -0.2) is 0 Å². The van der Waals surface area contributed by atoms with Gasteiger partial charge >= 0.3 is 0 Å². The van der Waals surface area contributed by atoms with Gasteiger partial charge in [0.2, 0.25) is 0 Å². The molecule has 3 rings (SSSR count). The molecule has 13 heavy (non-hydrogen) atoms. The lowest BCUT2D eigenvalue weighted by Gasteiger charge is -2.45. The normalized spacial score (nSPS) is 24.1. The standard InChI is InChI=1S/C11H16N2/c1-13-6-3-9-7-12-8-11(10(9)13)4-2-5-11/h3,6,12H,2,4-5,7-8H2,1H3. The Labute approximate surface area is 78.9 Å². The van der Waals surface area contributed by atoms with Gasteiger partial charge in [-0.05, 0) is 24.5 Å². The van der Waals surface area contributed by atoms with Crippen LogP contribution in [0.3, 0.4) is 0 Å². The van der Waals surface area contributed by atoms with Crippen LogP contribution in [-0.2, 0) is 19.0 Å². The second-order valence-electron chi connectivity index (χ2n) is 4.54. The van der Waals surface area contributed by atoms with E-state index < -0.39 is 0 Å². The predicted octanol–water partition coefficient (Wildman–Crippen LogP) is 1.55. The van der Waals surface area contributed by atoms with Gasteiger partial charge < -0.3 is 9.88 Å². The first kappa shape index (κ1) is 7.63. The minimum Gasteiger partial charge on any atom is -0.354 e. The van der Waals surface area contributed by atoms with E-state index in [1.165, 1.54) is 31.4 Å². The highest BCUT2D eigenvalue weighted by molar-refractivity contribution is 5.35. The van der Waals surface area contributed by atoms with Gasteiger partial charge in [-0.3, -0.25) is 0 Å². The van der Waals surface area contributed by atoms with Crippen LogP contribution in [-0.4, -0.2) is 11.1 Å². The predicted molar refractivity (Wildman–Crippen MR) is 52.6 cm³/mol. The van der Waals surface area contributed by atoms with E-state index in [-0.39, 0.29) is 0 Å². The Bertz CT molecular complexity index is 334. The minimum absolute atomic E-state index is 0.506. The molecule has 0 saturated heterocycles. The molecule has 0 radical (unpaired) electrons. The van der Waals surface area contributed by atoms with E-state index in [9.17, 15) is 0 Å². The molecule has 1 saturated carbocycles. The summed E-state index contributed by atoms with van der Waals surface area (Å²) in [7, 11) is 2.18. The van der Waals surface area contributed by atoms with Crippen molar-refractivity contribution in [2.24, 2.45) is 7.05 Å². The van der Waals surface area contributed by atoms with Crippen LogP contribution in [0.5, 0.6) is 0 Å². The Morgan fingerprint density at radius 2 is 2.31 bits per heavy atom. The van der Waals surface area contributed by atoms with Crippen molar-refractivity contribution in [2.75, 3.05) is 6.54 Å². The lowest BCUT2D eigenvalue weighted by atomic mass is 9.64. The zero-order chi connectivity index (χ0) is 8.89. The number of aromatic nitrogens is 1. The molecule has 1 fully saturated rings. The molecule has 2 nitrogen and oxygen atoms in total. The van der Waals surface area contributed by atoms with Gasteiger partial charge in [-0.1, -0.05) is 6.42 Å². The fourth-order valence-electron chi connectivity index (χ4n) is 2.98. The van der Waals surface area contributed by atoms with E-state index in [2.05, 4.69) is 29.2 Å². The molecule has 1 aliphatic carbocycles. The van der Waals surface area contributed by atoms with Crippen molar-refractivity contribution >= 4 is 0 Å². The Hall–Kier alpha value is -0.760.